The molecule has 5 rings (SSSR count). The van der Waals surface area contributed by atoms with Crippen LogP contribution in [-0.4, -0.2) is 69.3 Å². The van der Waals surface area contributed by atoms with Crippen LogP contribution in [0.4, 0.5) is 5.82 Å². The number of nitrogen functional groups attached to an aromatic ring is 1. The van der Waals surface area contributed by atoms with Gasteiger partial charge in [0.25, 0.3) is 5.78 Å². The number of Topliss-reactive ketones (excluding diaryl/α,β-unsaturated/α-hetero) is 1. The fourth-order valence-corrected chi connectivity index (χ4v) is 6.38. The van der Waals surface area contributed by atoms with E-state index in [1.54, 1.807) is 67.9 Å². The van der Waals surface area contributed by atoms with E-state index >= 15 is 0 Å². The zero-order valence-electron chi connectivity index (χ0n) is 26.8. The molecule has 0 saturated carbocycles. The van der Waals surface area contributed by atoms with Gasteiger partial charge in [0.15, 0.2) is 6.23 Å². The van der Waals surface area contributed by atoms with Crippen molar-refractivity contribution in [3.8, 4) is 11.8 Å². The van der Waals surface area contributed by atoms with E-state index in [-0.39, 0.29) is 38.9 Å². The highest BCUT2D eigenvalue weighted by Gasteiger charge is 2.55. The van der Waals surface area contributed by atoms with Crippen molar-refractivity contribution >= 4 is 69.0 Å². The lowest BCUT2D eigenvalue weighted by Gasteiger charge is -2.30. The van der Waals surface area contributed by atoms with E-state index in [4.69, 9.17) is 75.8 Å². The number of anilines is 1. The van der Waals surface area contributed by atoms with Crippen molar-refractivity contribution in [3.05, 3.63) is 85.7 Å². The minimum atomic E-state index is -1.67. The third kappa shape index (κ3) is 8.49. The van der Waals surface area contributed by atoms with Crippen LogP contribution in [-0.2, 0) is 41.7 Å². The van der Waals surface area contributed by atoms with Crippen molar-refractivity contribution in [3.63, 3.8) is 0 Å². The van der Waals surface area contributed by atoms with Crippen LogP contribution in [0.15, 0.2) is 48.9 Å². The van der Waals surface area contributed by atoms with Crippen LogP contribution in [0, 0.1) is 11.8 Å². The molecule has 0 unspecified atom stereocenters. The summed E-state index contributed by atoms with van der Waals surface area (Å²) in [6.45, 7) is 5.80. The van der Waals surface area contributed by atoms with Gasteiger partial charge in [-0.25, -0.2) is 9.97 Å². The van der Waals surface area contributed by atoms with E-state index < -0.39 is 36.1 Å². The Morgan fingerprint density at radius 2 is 1.67 bits per heavy atom. The molecule has 0 amide bonds. The Kier molecular flexibility index (Phi) is 12.4. The quantitative estimate of drug-likeness (QED) is 0.117. The lowest BCUT2D eigenvalue weighted by Crippen LogP contribution is -2.46. The summed E-state index contributed by atoms with van der Waals surface area (Å²) in [6, 6.07) is 10.2. The Bertz CT molecular complexity index is 1870. The molecule has 1 fully saturated rings. The second-order valence-corrected chi connectivity index (χ2v) is 12.9. The number of halogens is 4. The third-order valence-electron chi connectivity index (χ3n) is 7.77. The maximum absolute atomic E-state index is 12.8. The molecule has 1 aliphatic rings. The summed E-state index contributed by atoms with van der Waals surface area (Å²) in [5.41, 5.74) is 6.62. The number of aromatic nitrogens is 3. The summed E-state index contributed by atoms with van der Waals surface area (Å²) >= 11 is 24.9. The number of ether oxygens (including phenoxy) is 5. The minimum absolute atomic E-state index is 0.0123. The van der Waals surface area contributed by atoms with E-state index in [0.29, 0.717) is 42.3 Å². The minimum Gasteiger partial charge on any atom is -0.383 e. The zero-order chi connectivity index (χ0) is 35.3. The van der Waals surface area contributed by atoms with Gasteiger partial charge >= 0.3 is 0 Å². The SMILES string of the molecule is CCOC(OCC)C(=O)C#Cc1cn([C@@H]2O[C@H](COCc3ccc(Cl)cc3Cl)[C@@H](OCc3ccc(Cl)cc3Cl)[C@@]2(C)O)c2ncnc(N)c12. The summed E-state index contributed by atoms with van der Waals surface area (Å²) < 4.78 is 31.2. The molecule has 49 heavy (non-hydrogen) atoms. The summed E-state index contributed by atoms with van der Waals surface area (Å²) in [6.07, 6.45) is -1.06. The van der Waals surface area contributed by atoms with Gasteiger partial charge in [-0.3, -0.25) is 4.79 Å². The van der Waals surface area contributed by atoms with Crippen molar-refractivity contribution in [2.45, 2.75) is 64.3 Å². The predicted molar refractivity (Wildman–Crippen MR) is 187 cm³/mol. The number of fused-ring (bicyclic) bond motifs is 1. The molecular weight excluding hydrogens is 718 g/mol. The lowest BCUT2D eigenvalue weighted by atomic mass is 9.96. The van der Waals surface area contributed by atoms with Crippen molar-refractivity contribution in [2.24, 2.45) is 0 Å². The van der Waals surface area contributed by atoms with Crippen LogP contribution in [0.2, 0.25) is 20.1 Å². The number of nitrogens with two attached hydrogens (primary N) is 1. The standard InChI is InChI=1S/C34H34Cl4N4O7/c1-4-46-32(47-5-2)26(43)11-8-19-14-42(31-28(19)30(39)40-18-41-31)33-34(3,44)29(48-16-21-7-10-23(36)13-25(21)38)27(49-33)17-45-15-20-6-9-22(35)12-24(20)37/h6-7,9-10,12-14,18,27,29,32-33,44H,4-5,15-17H2,1-3H3,(H2,39,40,41)/t27-,29-,33-,34-/m1/s1. The van der Waals surface area contributed by atoms with Crippen LogP contribution >= 0.6 is 46.4 Å². The summed E-state index contributed by atoms with van der Waals surface area (Å²) in [5.74, 6) is 4.98. The van der Waals surface area contributed by atoms with Crippen LogP contribution in [0.5, 0.6) is 0 Å². The molecule has 0 radical (unpaired) electrons. The van der Waals surface area contributed by atoms with E-state index in [2.05, 4.69) is 21.8 Å². The van der Waals surface area contributed by atoms with E-state index in [1.165, 1.54) is 6.33 Å². The maximum atomic E-state index is 12.8. The molecule has 0 bridgehead atoms. The maximum Gasteiger partial charge on any atom is 0.261 e. The highest BCUT2D eigenvalue weighted by Crippen LogP contribution is 2.43. The van der Waals surface area contributed by atoms with E-state index in [9.17, 15) is 9.90 Å². The van der Waals surface area contributed by atoms with Crippen LogP contribution in [0.25, 0.3) is 11.0 Å². The van der Waals surface area contributed by atoms with Gasteiger partial charge in [0.1, 0.15) is 35.6 Å². The first kappa shape index (κ1) is 37.3. The molecule has 3 heterocycles. The first-order valence-electron chi connectivity index (χ1n) is 15.3. The Labute approximate surface area is 303 Å². The van der Waals surface area contributed by atoms with Gasteiger partial charge in [-0.1, -0.05) is 64.5 Å². The number of rotatable bonds is 13. The Balaban J connectivity index is 1.48. The molecule has 11 nitrogen and oxygen atoms in total. The Morgan fingerprint density at radius 3 is 2.29 bits per heavy atom. The number of ketones is 1. The van der Waals surface area contributed by atoms with Gasteiger partial charge in [-0.05, 0) is 62.1 Å². The normalized spacial score (nSPS) is 20.6. The molecule has 0 aliphatic carbocycles. The van der Waals surface area contributed by atoms with Gasteiger partial charge in [-0.2, -0.15) is 0 Å². The monoisotopic (exact) mass is 750 g/mol. The second kappa shape index (κ2) is 16.4. The average Bonchev–Trinajstić information content (AvgIpc) is 3.54. The molecule has 1 aliphatic heterocycles. The molecule has 3 N–H and O–H groups in total. The number of nitrogens with zero attached hydrogens (tertiary/aromatic N) is 3. The molecule has 15 heteroatoms. The molecule has 0 spiro atoms. The summed E-state index contributed by atoms with van der Waals surface area (Å²) in [5, 5.41) is 14.4. The van der Waals surface area contributed by atoms with E-state index in [0.717, 1.165) is 5.56 Å². The fourth-order valence-electron chi connectivity index (χ4n) is 5.46. The number of benzene rings is 2. The highest BCUT2D eigenvalue weighted by atomic mass is 35.5. The van der Waals surface area contributed by atoms with Crippen molar-refractivity contribution < 1.29 is 33.6 Å². The van der Waals surface area contributed by atoms with Crippen molar-refractivity contribution in [2.75, 3.05) is 25.6 Å². The first-order chi connectivity index (χ1) is 23.4. The van der Waals surface area contributed by atoms with Gasteiger partial charge < -0.3 is 39.1 Å². The van der Waals surface area contributed by atoms with Crippen LogP contribution < -0.4 is 5.73 Å². The molecule has 2 aromatic heterocycles. The van der Waals surface area contributed by atoms with Gasteiger partial charge in [0, 0.05) is 39.5 Å². The van der Waals surface area contributed by atoms with E-state index in [1.807, 2.05) is 0 Å². The number of hydrogen-bond donors (Lipinski definition) is 2. The van der Waals surface area contributed by atoms with Crippen LogP contribution in [0.3, 0.4) is 0 Å². The number of hydrogen-bond acceptors (Lipinski definition) is 10. The highest BCUT2D eigenvalue weighted by molar-refractivity contribution is 6.35. The lowest BCUT2D eigenvalue weighted by molar-refractivity contribution is -0.162. The molecular formula is C34H34Cl4N4O7. The number of aliphatic hydroxyl groups is 1. The smallest absolute Gasteiger partial charge is 0.261 e. The molecule has 4 atom stereocenters. The fraction of sp³-hybridized carbons (Fsp3) is 0.382. The summed E-state index contributed by atoms with van der Waals surface area (Å²) in [7, 11) is 0. The summed E-state index contributed by atoms with van der Waals surface area (Å²) in [4.78, 5) is 21.4. The molecule has 2 aromatic carbocycles. The average molecular weight is 752 g/mol. The van der Waals surface area contributed by atoms with Gasteiger partial charge in [-0.15, -0.1) is 0 Å². The Morgan fingerprint density at radius 1 is 1.04 bits per heavy atom. The zero-order valence-corrected chi connectivity index (χ0v) is 29.8. The Hall–Kier alpha value is -2.99. The van der Waals surface area contributed by atoms with Crippen molar-refractivity contribution in [1.29, 1.82) is 0 Å². The number of carbonyl (C=O) groups is 1. The first-order valence-corrected chi connectivity index (χ1v) is 16.8. The number of carbonyl (C=O) groups excluding carboxylic acids is 1. The molecule has 1 saturated heterocycles. The topological polar surface area (TPSA) is 140 Å². The molecule has 4 aromatic rings. The molecule has 260 valence electrons. The second-order valence-electron chi connectivity index (χ2n) is 11.2. The van der Waals surface area contributed by atoms with Crippen molar-refractivity contribution in [1.82, 2.24) is 14.5 Å². The predicted octanol–water partition coefficient (Wildman–Crippen LogP) is 6.40. The van der Waals surface area contributed by atoms with Gasteiger partial charge in [0.2, 0.25) is 6.29 Å². The third-order valence-corrected chi connectivity index (χ3v) is 8.94. The van der Waals surface area contributed by atoms with Crippen LogP contribution in [0.1, 0.15) is 43.7 Å². The van der Waals surface area contributed by atoms with Gasteiger partial charge in [0.05, 0.1) is 30.8 Å². The largest absolute Gasteiger partial charge is 0.383 e.